The Morgan fingerprint density at radius 1 is 1.47 bits per heavy atom. The number of hydrogen-bond acceptors (Lipinski definition) is 6. The second-order valence-electron chi connectivity index (χ2n) is 6.71. The number of rotatable bonds is 8. The van der Waals surface area contributed by atoms with Crippen molar-refractivity contribution in [3.8, 4) is 11.4 Å². The molecule has 0 fully saturated rings. The molecule has 0 aliphatic rings. The Hall–Kier alpha value is -2.58. The first-order chi connectivity index (χ1) is 14.4. The van der Waals surface area contributed by atoms with Gasteiger partial charge in [0.25, 0.3) is 5.56 Å². The Kier molecular flexibility index (Phi) is 6.99. The number of carbonyl (C=O) groups is 1. The Morgan fingerprint density at radius 2 is 2.23 bits per heavy atom. The fourth-order valence-electron chi connectivity index (χ4n) is 3.13. The summed E-state index contributed by atoms with van der Waals surface area (Å²) in [6, 6.07) is 7.29. The van der Waals surface area contributed by atoms with E-state index in [4.69, 9.17) is 9.72 Å². The maximum Gasteiger partial charge on any atom is 0.267 e. The van der Waals surface area contributed by atoms with Crippen LogP contribution in [0.4, 0.5) is 0 Å². The number of hydrogen-bond donors (Lipinski definition) is 1. The van der Waals surface area contributed by atoms with Crippen LogP contribution < -0.4 is 15.6 Å². The quantitative estimate of drug-likeness (QED) is 0.322. The molecule has 3 aromatic rings. The molecule has 1 N–H and O–H groups in total. The number of thioether (sulfide) groups is 1. The van der Waals surface area contributed by atoms with Crippen molar-refractivity contribution >= 4 is 39.2 Å². The van der Waals surface area contributed by atoms with Crippen molar-refractivity contribution in [1.82, 2.24) is 14.9 Å². The highest BCUT2D eigenvalue weighted by Gasteiger charge is 2.22. The van der Waals surface area contributed by atoms with Crippen molar-refractivity contribution in [3.63, 3.8) is 0 Å². The van der Waals surface area contributed by atoms with Crippen LogP contribution in [0.25, 0.3) is 15.9 Å². The van der Waals surface area contributed by atoms with Crippen molar-refractivity contribution in [2.24, 2.45) is 0 Å². The first-order valence-electron chi connectivity index (χ1n) is 9.65. The first kappa shape index (κ1) is 22.1. The molecule has 30 heavy (non-hydrogen) atoms. The number of methoxy groups -OCH3 is 1. The van der Waals surface area contributed by atoms with Crippen molar-refractivity contribution < 1.29 is 9.53 Å². The van der Waals surface area contributed by atoms with Crippen molar-refractivity contribution in [3.05, 3.63) is 57.7 Å². The third-order valence-electron chi connectivity index (χ3n) is 4.74. The van der Waals surface area contributed by atoms with E-state index in [-0.39, 0.29) is 11.5 Å². The SMILES string of the molecule is C=CCNC(=O)C(C)Sc1nc2sc(CC)c(C)c2c(=O)n1-c1cccc(OC)c1. The summed E-state index contributed by atoms with van der Waals surface area (Å²) in [5.41, 5.74) is 1.49. The van der Waals surface area contributed by atoms with Gasteiger partial charge in [0.05, 0.1) is 23.4 Å². The Bertz CT molecular complexity index is 1150. The number of amides is 1. The van der Waals surface area contributed by atoms with Crippen LogP contribution in [0.15, 0.2) is 46.9 Å². The molecule has 158 valence electrons. The Labute approximate surface area is 184 Å². The minimum Gasteiger partial charge on any atom is -0.497 e. The molecular formula is C22H25N3O3S2. The van der Waals surface area contributed by atoms with Crippen LogP contribution in [-0.2, 0) is 11.2 Å². The number of benzene rings is 1. The predicted octanol–water partition coefficient (Wildman–Crippen LogP) is 4.11. The van der Waals surface area contributed by atoms with E-state index in [0.717, 1.165) is 16.9 Å². The van der Waals surface area contributed by atoms with Gasteiger partial charge in [0, 0.05) is 17.5 Å². The van der Waals surface area contributed by atoms with E-state index >= 15 is 0 Å². The van der Waals surface area contributed by atoms with Gasteiger partial charge in [-0.3, -0.25) is 14.2 Å². The van der Waals surface area contributed by atoms with E-state index in [1.807, 2.05) is 25.1 Å². The second-order valence-corrected chi connectivity index (χ2v) is 9.11. The molecule has 0 aliphatic heterocycles. The molecule has 0 radical (unpaired) electrons. The molecule has 6 nitrogen and oxygen atoms in total. The third kappa shape index (κ3) is 4.29. The molecule has 0 bridgehead atoms. The minimum absolute atomic E-state index is 0.136. The Morgan fingerprint density at radius 3 is 2.90 bits per heavy atom. The standard InChI is InChI=1S/C22H25N3O3S2/c1-6-11-23-19(26)14(4)29-22-24-20-18(13(3)17(7-2)30-20)21(27)25(22)15-9-8-10-16(12-15)28-5/h6,8-10,12,14H,1,7,11H2,2-5H3,(H,23,26). The van der Waals surface area contributed by atoms with Crippen molar-refractivity contribution in [2.75, 3.05) is 13.7 Å². The molecule has 0 saturated carbocycles. The number of carbonyl (C=O) groups excluding carboxylic acids is 1. The van der Waals surface area contributed by atoms with Gasteiger partial charge in [-0.05, 0) is 38.0 Å². The summed E-state index contributed by atoms with van der Waals surface area (Å²) < 4.78 is 6.91. The maximum atomic E-state index is 13.6. The molecule has 2 heterocycles. The van der Waals surface area contributed by atoms with E-state index < -0.39 is 5.25 Å². The van der Waals surface area contributed by atoms with Gasteiger partial charge in [-0.1, -0.05) is 30.8 Å². The lowest BCUT2D eigenvalue weighted by atomic mass is 10.2. The van der Waals surface area contributed by atoms with Gasteiger partial charge < -0.3 is 10.1 Å². The van der Waals surface area contributed by atoms with E-state index in [2.05, 4.69) is 18.8 Å². The molecule has 0 spiro atoms. The lowest BCUT2D eigenvalue weighted by molar-refractivity contribution is -0.120. The summed E-state index contributed by atoms with van der Waals surface area (Å²) in [5, 5.41) is 3.47. The molecule has 1 unspecified atom stereocenters. The van der Waals surface area contributed by atoms with E-state index in [1.54, 1.807) is 30.7 Å². The van der Waals surface area contributed by atoms with Crippen LogP contribution in [0.5, 0.6) is 5.75 Å². The third-order valence-corrected chi connectivity index (χ3v) is 7.12. The minimum atomic E-state index is -0.433. The van der Waals surface area contributed by atoms with E-state index in [0.29, 0.717) is 33.4 Å². The predicted molar refractivity (Wildman–Crippen MR) is 124 cm³/mol. The van der Waals surface area contributed by atoms with Gasteiger partial charge in [0.1, 0.15) is 10.6 Å². The van der Waals surface area contributed by atoms with Gasteiger partial charge in [0.2, 0.25) is 5.91 Å². The van der Waals surface area contributed by atoms with Crippen LogP contribution in [0.3, 0.4) is 0 Å². The smallest absolute Gasteiger partial charge is 0.267 e. The molecule has 0 saturated heterocycles. The number of aryl methyl sites for hydroxylation is 2. The zero-order valence-electron chi connectivity index (χ0n) is 17.5. The molecule has 8 heteroatoms. The van der Waals surface area contributed by atoms with Gasteiger partial charge >= 0.3 is 0 Å². The number of nitrogens with one attached hydrogen (secondary N) is 1. The second kappa shape index (κ2) is 9.49. The summed E-state index contributed by atoms with van der Waals surface area (Å²) >= 11 is 2.80. The van der Waals surface area contributed by atoms with Crippen LogP contribution >= 0.6 is 23.1 Å². The lowest BCUT2D eigenvalue weighted by Gasteiger charge is -2.16. The average molecular weight is 444 g/mol. The number of ether oxygens (including phenoxy) is 1. The summed E-state index contributed by atoms with van der Waals surface area (Å²) in [6.07, 6.45) is 2.47. The van der Waals surface area contributed by atoms with Gasteiger partial charge in [-0.15, -0.1) is 17.9 Å². The number of nitrogens with zero attached hydrogens (tertiary/aromatic N) is 2. The fourth-order valence-corrected chi connectivity index (χ4v) is 5.24. The summed E-state index contributed by atoms with van der Waals surface area (Å²) in [6.45, 7) is 9.85. The molecule has 1 aromatic carbocycles. The summed E-state index contributed by atoms with van der Waals surface area (Å²) in [5.74, 6) is 0.506. The molecule has 1 amide bonds. The fraction of sp³-hybridized carbons (Fsp3) is 0.318. The molecule has 0 aliphatic carbocycles. The van der Waals surface area contributed by atoms with Gasteiger partial charge in [0.15, 0.2) is 5.16 Å². The number of thiophene rings is 1. The van der Waals surface area contributed by atoms with E-state index in [1.165, 1.54) is 23.1 Å². The molecule has 3 rings (SSSR count). The van der Waals surface area contributed by atoms with Crippen molar-refractivity contribution in [1.29, 1.82) is 0 Å². The largest absolute Gasteiger partial charge is 0.497 e. The normalized spacial score (nSPS) is 12.0. The van der Waals surface area contributed by atoms with Crippen molar-refractivity contribution in [2.45, 2.75) is 37.6 Å². The van der Waals surface area contributed by atoms with Gasteiger partial charge in [-0.25, -0.2) is 4.98 Å². The highest BCUT2D eigenvalue weighted by molar-refractivity contribution is 8.00. The maximum absolute atomic E-state index is 13.6. The van der Waals surface area contributed by atoms with Crippen LogP contribution in [-0.4, -0.2) is 34.4 Å². The highest BCUT2D eigenvalue weighted by Crippen LogP contribution is 2.32. The highest BCUT2D eigenvalue weighted by atomic mass is 32.2. The van der Waals surface area contributed by atoms with Crippen LogP contribution in [0.2, 0.25) is 0 Å². The Balaban J connectivity index is 2.19. The summed E-state index contributed by atoms with van der Waals surface area (Å²) in [4.78, 5) is 32.6. The monoisotopic (exact) mass is 443 g/mol. The van der Waals surface area contributed by atoms with Crippen LogP contribution in [0.1, 0.15) is 24.3 Å². The number of aromatic nitrogens is 2. The molecular weight excluding hydrogens is 418 g/mol. The number of fused-ring (bicyclic) bond motifs is 1. The first-order valence-corrected chi connectivity index (χ1v) is 11.4. The van der Waals surface area contributed by atoms with Crippen LogP contribution in [0, 0.1) is 6.92 Å². The summed E-state index contributed by atoms with van der Waals surface area (Å²) in [7, 11) is 1.58. The van der Waals surface area contributed by atoms with Gasteiger partial charge in [-0.2, -0.15) is 0 Å². The zero-order chi connectivity index (χ0) is 21.8. The molecule has 1 atom stereocenters. The zero-order valence-corrected chi connectivity index (χ0v) is 19.2. The molecule has 2 aromatic heterocycles. The van der Waals surface area contributed by atoms with E-state index in [9.17, 15) is 9.59 Å². The average Bonchev–Trinajstić information content (AvgIpc) is 3.07. The lowest BCUT2D eigenvalue weighted by Crippen LogP contribution is -2.32. The topological polar surface area (TPSA) is 73.2 Å².